The zero-order chi connectivity index (χ0) is 16.2. The maximum Gasteiger partial charge on any atom is 0.135 e. The van der Waals surface area contributed by atoms with Gasteiger partial charge in [-0.15, -0.1) is 24.8 Å². The van der Waals surface area contributed by atoms with Crippen LogP contribution in [0.5, 0.6) is 5.75 Å². The van der Waals surface area contributed by atoms with Gasteiger partial charge in [-0.1, -0.05) is 12.1 Å². The van der Waals surface area contributed by atoms with Crippen molar-refractivity contribution in [3.8, 4) is 5.75 Å². The standard InChI is InChI=1S/C17H19N3O3.2ClH/c18-12-5-7-14(8-6-12)23-11-13(22)9-20-16-4-2-1-3-15(16)19-17(20)10-21;;/h1-8,13,21-22H,9-11,18H2;2*1H. The van der Waals surface area contributed by atoms with Gasteiger partial charge in [0.25, 0.3) is 0 Å². The highest BCUT2D eigenvalue weighted by molar-refractivity contribution is 5.85. The van der Waals surface area contributed by atoms with Gasteiger partial charge in [0.05, 0.1) is 17.6 Å². The maximum absolute atomic E-state index is 10.2. The lowest BCUT2D eigenvalue weighted by molar-refractivity contribution is 0.0915. The molecular weight excluding hydrogens is 365 g/mol. The maximum atomic E-state index is 10.2. The minimum Gasteiger partial charge on any atom is -0.491 e. The fourth-order valence-electron chi connectivity index (χ4n) is 2.47. The van der Waals surface area contributed by atoms with Crippen molar-refractivity contribution in [1.29, 1.82) is 0 Å². The van der Waals surface area contributed by atoms with E-state index in [4.69, 9.17) is 10.5 Å². The molecule has 0 bridgehead atoms. The van der Waals surface area contributed by atoms with Gasteiger partial charge in [0.1, 0.15) is 30.9 Å². The molecular formula is C17H21Cl2N3O3. The summed E-state index contributed by atoms with van der Waals surface area (Å²) in [6.45, 7) is 0.257. The Morgan fingerprint density at radius 2 is 1.76 bits per heavy atom. The van der Waals surface area contributed by atoms with Crippen LogP contribution in [0.1, 0.15) is 5.82 Å². The highest BCUT2D eigenvalue weighted by Crippen LogP contribution is 2.17. The number of hydrogen-bond acceptors (Lipinski definition) is 5. The van der Waals surface area contributed by atoms with Gasteiger partial charge in [0, 0.05) is 5.69 Å². The fourth-order valence-corrected chi connectivity index (χ4v) is 2.47. The van der Waals surface area contributed by atoms with Crippen LogP contribution in [0.15, 0.2) is 48.5 Å². The lowest BCUT2D eigenvalue weighted by Crippen LogP contribution is -2.24. The number of halogens is 2. The summed E-state index contributed by atoms with van der Waals surface area (Å²) in [6, 6.07) is 14.6. The number of benzene rings is 2. The van der Waals surface area contributed by atoms with Gasteiger partial charge in [-0.05, 0) is 36.4 Å². The average Bonchev–Trinajstić information content (AvgIpc) is 2.92. The summed E-state index contributed by atoms with van der Waals surface area (Å²) < 4.78 is 7.37. The Balaban J connectivity index is 0.00000156. The number of para-hydroxylation sites is 2. The smallest absolute Gasteiger partial charge is 0.135 e. The van der Waals surface area contributed by atoms with Crippen LogP contribution in [0.2, 0.25) is 0 Å². The second-order valence-electron chi connectivity index (χ2n) is 5.32. The molecule has 0 aliphatic heterocycles. The monoisotopic (exact) mass is 385 g/mol. The highest BCUT2D eigenvalue weighted by Gasteiger charge is 2.14. The Kier molecular flexibility index (Phi) is 7.99. The number of fused-ring (bicyclic) bond motifs is 1. The highest BCUT2D eigenvalue weighted by atomic mass is 35.5. The Labute approximate surface area is 158 Å². The third-order valence-corrected chi connectivity index (χ3v) is 3.59. The van der Waals surface area contributed by atoms with Crippen LogP contribution < -0.4 is 10.5 Å². The quantitative estimate of drug-likeness (QED) is 0.566. The molecule has 4 N–H and O–H groups in total. The summed E-state index contributed by atoms with van der Waals surface area (Å²) in [6.07, 6.45) is -0.726. The Bertz CT molecular complexity index is 793. The molecule has 0 radical (unpaired) electrons. The van der Waals surface area contributed by atoms with Gasteiger partial charge >= 0.3 is 0 Å². The van der Waals surface area contributed by atoms with E-state index in [1.807, 2.05) is 28.8 Å². The molecule has 1 heterocycles. The third-order valence-electron chi connectivity index (χ3n) is 3.59. The fraction of sp³-hybridized carbons (Fsp3) is 0.235. The van der Waals surface area contributed by atoms with E-state index < -0.39 is 6.10 Å². The SMILES string of the molecule is Cl.Cl.Nc1ccc(OCC(O)Cn2c(CO)nc3ccccc32)cc1. The lowest BCUT2D eigenvalue weighted by atomic mass is 10.3. The summed E-state index contributed by atoms with van der Waals surface area (Å²) >= 11 is 0. The summed E-state index contributed by atoms with van der Waals surface area (Å²) in [4.78, 5) is 4.36. The zero-order valence-electron chi connectivity index (χ0n) is 13.4. The van der Waals surface area contributed by atoms with E-state index in [0.717, 1.165) is 11.0 Å². The number of imidazole rings is 1. The number of nitrogen functional groups attached to an aromatic ring is 1. The topological polar surface area (TPSA) is 93.5 Å². The van der Waals surface area contributed by atoms with E-state index in [1.165, 1.54) is 0 Å². The number of anilines is 1. The van der Waals surface area contributed by atoms with Gasteiger partial charge in [0.2, 0.25) is 0 Å². The van der Waals surface area contributed by atoms with E-state index in [-0.39, 0.29) is 38.0 Å². The van der Waals surface area contributed by atoms with Crippen molar-refractivity contribution in [2.75, 3.05) is 12.3 Å². The van der Waals surface area contributed by atoms with Crippen molar-refractivity contribution in [2.45, 2.75) is 19.3 Å². The minimum atomic E-state index is -0.726. The van der Waals surface area contributed by atoms with Crippen molar-refractivity contribution in [3.63, 3.8) is 0 Å². The van der Waals surface area contributed by atoms with Crippen molar-refractivity contribution in [3.05, 3.63) is 54.4 Å². The Morgan fingerprint density at radius 1 is 1.08 bits per heavy atom. The van der Waals surface area contributed by atoms with E-state index >= 15 is 0 Å². The second kappa shape index (κ2) is 9.48. The molecule has 25 heavy (non-hydrogen) atoms. The Morgan fingerprint density at radius 3 is 2.44 bits per heavy atom. The Hall–Kier alpha value is -1.99. The number of aliphatic hydroxyl groups excluding tert-OH is 2. The van der Waals surface area contributed by atoms with Crippen LogP contribution in [0, 0.1) is 0 Å². The first-order chi connectivity index (χ1) is 11.2. The van der Waals surface area contributed by atoms with Gasteiger partial charge in [-0.25, -0.2) is 4.98 Å². The first kappa shape index (κ1) is 21.1. The molecule has 1 unspecified atom stereocenters. The summed E-state index contributed by atoms with van der Waals surface area (Å²) in [7, 11) is 0. The first-order valence-corrected chi connectivity index (χ1v) is 7.39. The van der Waals surface area contributed by atoms with Crippen LogP contribution in [-0.2, 0) is 13.2 Å². The molecule has 0 aliphatic rings. The van der Waals surface area contributed by atoms with Crippen LogP contribution in [0.4, 0.5) is 5.69 Å². The number of nitrogens with zero attached hydrogens (tertiary/aromatic N) is 2. The second-order valence-corrected chi connectivity index (χ2v) is 5.32. The van der Waals surface area contributed by atoms with Crippen LogP contribution in [-0.4, -0.2) is 32.5 Å². The van der Waals surface area contributed by atoms with E-state index in [1.54, 1.807) is 24.3 Å². The predicted octanol–water partition coefficient (Wildman–Crippen LogP) is 2.39. The molecule has 0 aliphatic carbocycles. The minimum absolute atomic E-state index is 0. The molecule has 136 valence electrons. The van der Waals surface area contributed by atoms with Gasteiger partial charge < -0.3 is 25.3 Å². The number of aromatic nitrogens is 2. The van der Waals surface area contributed by atoms with Gasteiger partial charge in [0.15, 0.2) is 0 Å². The molecule has 3 rings (SSSR count). The van der Waals surface area contributed by atoms with Crippen molar-refractivity contribution in [1.82, 2.24) is 9.55 Å². The van der Waals surface area contributed by atoms with Gasteiger partial charge in [-0.3, -0.25) is 0 Å². The summed E-state index contributed by atoms with van der Waals surface area (Å²) in [5, 5.41) is 19.7. The molecule has 0 spiro atoms. The molecule has 0 saturated heterocycles. The number of nitrogens with two attached hydrogens (primary N) is 1. The van der Waals surface area contributed by atoms with E-state index in [0.29, 0.717) is 23.8 Å². The number of hydrogen-bond donors (Lipinski definition) is 3. The molecule has 2 aromatic carbocycles. The summed E-state index contributed by atoms with van der Waals surface area (Å²) in [5.41, 5.74) is 7.95. The molecule has 0 amide bonds. The molecule has 1 aromatic heterocycles. The van der Waals surface area contributed by atoms with E-state index in [2.05, 4.69) is 4.98 Å². The molecule has 1 atom stereocenters. The molecule has 8 heteroatoms. The number of rotatable bonds is 6. The number of aliphatic hydroxyl groups is 2. The van der Waals surface area contributed by atoms with Gasteiger partial charge in [-0.2, -0.15) is 0 Å². The predicted molar refractivity (Wildman–Crippen MR) is 103 cm³/mol. The van der Waals surface area contributed by atoms with Crippen LogP contribution >= 0.6 is 24.8 Å². The van der Waals surface area contributed by atoms with Crippen molar-refractivity contribution in [2.24, 2.45) is 0 Å². The van der Waals surface area contributed by atoms with Crippen molar-refractivity contribution >= 4 is 41.5 Å². The molecule has 0 fully saturated rings. The number of ether oxygens (including phenoxy) is 1. The van der Waals surface area contributed by atoms with Crippen LogP contribution in [0.3, 0.4) is 0 Å². The molecule has 3 aromatic rings. The first-order valence-electron chi connectivity index (χ1n) is 7.39. The average molecular weight is 386 g/mol. The summed E-state index contributed by atoms with van der Waals surface area (Å²) in [5.74, 6) is 1.17. The largest absolute Gasteiger partial charge is 0.491 e. The molecule has 0 saturated carbocycles. The zero-order valence-corrected chi connectivity index (χ0v) is 15.0. The molecule has 6 nitrogen and oxygen atoms in total. The lowest BCUT2D eigenvalue weighted by Gasteiger charge is -2.15. The normalized spacial score (nSPS) is 11.4. The van der Waals surface area contributed by atoms with Crippen molar-refractivity contribution < 1.29 is 14.9 Å². The third kappa shape index (κ3) is 4.99. The van der Waals surface area contributed by atoms with E-state index in [9.17, 15) is 10.2 Å². The van der Waals surface area contributed by atoms with Crippen LogP contribution in [0.25, 0.3) is 11.0 Å².